The highest BCUT2D eigenvalue weighted by Crippen LogP contribution is 2.11. The summed E-state index contributed by atoms with van der Waals surface area (Å²) in [5, 5.41) is 6.06. The van der Waals surface area contributed by atoms with Gasteiger partial charge in [0.1, 0.15) is 6.04 Å². The summed E-state index contributed by atoms with van der Waals surface area (Å²) in [5.74, 6) is -0.188. The van der Waals surface area contributed by atoms with Gasteiger partial charge in [0.05, 0.1) is 0 Å². The fraction of sp³-hybridized carbons (Fsp3) is 0.800. The van der Waals surface area contributed by atoms with E-state index in [9.17, 15) is 9.59 Å². The van der Waals surface area contributed by atoms with E-state index in [0.717, 1.165) is 26.1 Å². The minimum absolute atomic E-state index is 0.107. The maximum atomic E-state index is 11.3. The molecule has 2 heterocycles. The van der Waals surface area contributed by atoms with Crippen molar-refractivity contribution in [2.45, 2.75) is 24.9 Å². The smallest absolute Gasteiger partial charge is 0.236 e. The van der Waals surface area contributed by atoms with Gasteiger partial charge in [0.25, 0.3) is 0 Å². The van der Waals surface area contributed by atoms with Gasteiger partial charge in [0, 0.05) is 38.6 Å². The Balaban J connectivity index is 1.91. The van der Waals surface area contributed by atoms with Gasteiger partial charge in [-0.25, -0.2) is 0 Å². The van der Waals surface area contributed by atoms with Gasteiger partial charge in [0.2, 0.25) is 11.8 Å². The number of hydrogen-bond acceptors (Lipinski definition) is 4. The molecule has 2 aliphatic heterocycles. The van der Waals surface area contributed by atoms with E-state index in [1.54, 1.807) is 0 Å². The zero-order valence-electron chi connectivity index (χ0n) is 9.24. The van der Waals surface area contributed by atoms with Gasteiger partial charge in [-0.05, 0) is 6.42 Å². The van der Waals surface area contributed by atoms with E-state index in [1.807, 2.05) is 0 Å². The Kier molecular flexibility index (Phi) is 3.40. The molecule has 4 N–H and O–H groups in total. The number of nitrogens with zero attached hydrogens (tertiary/aromatic N) is 1. The highest BCUT2D eigenvalue weighted by molar-refractivity contribution is 5.80. The molecule has 0 aromatic rings. The van der Waals surface area contributed by atoms with E-state index in [2.05, 4.69) is 15.5 Å². The Hall–Kier alpha value is -1.14. The largest absolute Gasteiger partial charge is 0.368 e. The van der Waals surface area contributed by atoms with Crippen molar-refractivity contribution in [1.82, 2.24) is 15.5 Å². The number of hydrogen-bond donors (Lipinski definition) is 3. The molecule has 6 heteroatoms. The molecule has 0 aromatic carbocycles. The maximum absolute atomic E-state index is 11.3. The number of piperazine rings is 1. The van der Waals surface area contributed by atoms with Crippen molar-refractivity contribution >= 4 is 11.8 Å². The average Bonchev–Trinajstić information content (AvgIpc) is 2.64. The van der Waals surface area contributed by atoms with Crippen molar-refractivity contribution in [2.75, 3.05) is 26.2 Å². The molecule has 6 nitrogen and oxygen atoms in total. The van der Waals surface area contributed by atoms with Crippen LogP contribution >= 0.6 is 0 Å². The molecule has 2 unspecified atom stereocenters. The van der Waals surface area contributed by atoms with Crippen LogP contribution in [0.25, 0.3) is 0 Å². The molecule has 16 heavy (non-hydrogen) atoms. The normalized spacial score (nSPS) is 31.4. The van der Waals surface area contributed by atoms with Crippen molar-refractivity contribution in [1.29, 1.82) is 0 Å². The first-order valence-corrected chi connectivity index (χ1v) is 5.70. The van der Waals surface area contributed by atoms with Crippen LogP contribution in [-0.2, 0) is 9.59 Å². The third-order valence-electron chi connectivity index (χ3n) is 3.22. The fourth-order valence-electron chi connectivity index (χ4n) is 2.34. The number of amides is 2. The molecular formula is C10H18N4O2. The molecule has 0 saturated carbocycles. The van der Waals surface area contributed by atoms with Crippen LogP contribution in [0.3, 0.4) is 0 Å². The molecule has 0 aliphatic carbocycles. The van der Waals surface area contributed by atoms with Crippen LogP contribution in [0.2, 0.25) is 0 Å². The number of nitrogens with one attached hydrogen (secondary N) is 2. The Bertz CT molecular complexity index is 295. The number of carbonyl (C=O) groups excluding carboxylic acids is 2. The lowest BCUT2D eigenvalue weighted by Gasteiger charge is -2.35. The van der Waals surface area contributed by atoms with Crippen molar-refractivity contribution in [3.05, 3.63) is 0 Å². The minimum atomic E-state index is -0.295. The Labute approximate surface area is 94.5 Å². The lowest BCUT2D eigenvalue weighted by atomic mass is 10.1. The van der Waals surface area contributed by atoms with Crippen molar-refractivity contribution in [2.24, 2.45) is 5.73 Å². The summed E-state index contributed by atoms with van der Waals surface area (Å²) in [5.41, 5.74) is 5.35. The molecule has 2 fully saturated rings. The van der Waals surface area contributed by atoms with Crippen LogP contribution in [0, 0.1) is 0 Å². The molecule has 0 radical (unpaired) electrons. The Morgan fingerprint density at radius 3 is 3.00 bits per heavy atom. The molecule has 2 saturated heterocycles. The number of nitrogens with two attached hydrogens (primary N) is 1. The van der Waals surface area contributed by atoms with Gasteiger partial charge >= 0.3 is 0 Å². The van der Waals surface area contributed by atoms with E-state index in [4.69, 9.17) is 5.73 Å². The number of carbonyl (C=O) groups is 2. The first-order chi connectivity index (χ1) is 7.66. The van der Waals surface area contributed by atoms with Crippen LogP contribution in [0.15, 0.2) is 0 Å². The highest BCUT2D eigenvalue weighted by Gasteiger charge is 2.30. The summed E-state index contributed by atoms with van der Waals surface area (Å²) in [6.45, 7) is 3.00. The summed E-state index contributed by atoms with van der Waals surface area (Å²) in [6, 6.07) is -0.0706. The molecule has 2 atom stereocenters. The number of primary amides is 1. The topological polar surface area (TPSA) is 87.5 Å². The lowest BCUT2D eigenvalue weighted by molar-refractivity contribution is -0.123. The van der Waals surface area contributed by atoms with E-state index in [-0.39, 0.29) is 23.9 Å². The quantitative estimate of drug-likeness (QED) is 0.520. The molecule has 2 rings (SSSR count). The summed E-state index contributed by atoms with van der Waals surface area (Å²) >= 11 is 0. The zero-order valence-corrected chi connectivity index (χ0v) is 9.24. The van der Waals surface area contributed by atoms with E-state index >= 15 is 0 Å². The van der Waals surface area contributed by atoms with E-state index in [1.165, 1.54) is 0 Å². The summed E-state index contributed by atoms with van der Waals surface area (Å²) in [7, 11) is 0. The second-order valence-corrected chi connectivity index (χ2v) is 4.42. The standard InChI is InChI=1S/C10H18N4O2/c11-10(16)8-5-12-3-4-14(8)6-7-1-2-9(15)13-7/h7-8,12H,1-6H2,(H2,11,16)(H,13,15). The number of rotatable bonds is 3. The zero-order chi connectivity index (χ0) is 11.5. The highest BCUT2D eigenvalue weighted by atomic mass is 16.2. The Morgan fingerprint density at radius 1 is 1.56 bits per heavy atom. The van der Waals surface area contributed by atoms with Gasteiger partial charge in [-0.2, -0.15) is 0 Å². The van der Waals surface area contributed by atoms with Gasteiger partial charge in [-0.3, -0.25) is 14.5 Å². The van der Waals surface area contributed by atoms with Crippen LogP contribution in [0.5, 0.6) is 0 Å². The summed E-state index contributed by atoms with van der Waals surface area (Å²) < 4.78 is 0. The van der Waals surface area contributed by atoms with E-state index in [0.29, 0.717) is 13.0 Å². The summed E-state index contributed by atoms with van der Waals surface area (Å²) in [4.78, 5) is 24.4. The van der Waals surface area contributed by atoms with Crippen LogP contribution in [0.1, 0.15) is 12.8 Å². The lowest BCUT2D eigenvalue weighted by Crippen LogP contribution is -2.59. The predicted molar refractivity (Wildman–Crippen MR) is 58.6 cm³/mol. The fourth-order valence-corrected chi connectivity index (χ4v) is 2.34. The van der Waals surface area contributed by atoms with Gasteiger partial charge in [0.15, 0.2) is 0 Å². The molecule has 2 aliphatic rings. The average molecular weight is 226 g/mol. The molecule has 0 spiro atoms. The Morgan fingerprint density at radius 2 is 2.38 bits per heavy atom. The maximum Gasteiger partial charge on any atom is 0.236 e. The minimum Gasteiger partial charge on any atom is -0.368 e. The van der Waals surface area contributed by atoms with Gasteiger partial charge < -0.3 is 16.4 Å². The SMILES string of the molecule is NC(=O)C1CNCCN1CC1CCC(=O)N1. The summed E-state index contributed by atoms with van der Waals surface area (Å²) in [6.07, 6.45) is 1.45. The monoisotopic (exact) mass is 226 g/mol. The first-order valence-electron chi connectivity index (χ1n) is 5.70. The van der Waals surface area contributed by atoms with Crippen molar-refractivity contribution in [3.8, 4) is 0 Å². The third kappa shape index (κ3) is 2.51. The van der Waals surface area contributed by atoms with Gasteiger partial charge in [-0.15, -0.1) is 0 Å². The molecule has 90 valence electrons. The molecule has 0 bridgehead atoms. The molecule has 2 amide bonds. The molecular weight excluding hydrogens is 208 g/mol. The van der Waals surface area contributed by atoms with Gasteiger partial charge in [-0.1, -0.05) is 0 Å². The van der Waals surface area contributed by atoms with Crippen LogP contribution < -0.4 is 16.4 Å². The van der Waals surface area contributed by atoms with Crippen molar-refractivity contribution in [3.63, 3.8) is 0 Å². The van der Waals surface area contributed by atoms with Crippen LogP contribution in [0.4, 0.5) is 0 Å². The first kappa shape index (κ1) is 11.3. The molecule has 0 aromatic heterocycles. The second kappa shape index (κ2) is 4.80. The van der Waals surface area contributed by atoms with E-state index < -0.39 is 0 Å². The second-order valence-electron chi connectivity index (χ2n) is 4.42. The van der Waals surface area contributed by atoms with Crippen molar-refractivity contribution < 1.29 is 9.59 Å². The van der Waals surface area contributed by atoms with Crippen LogP contribution in [-0.4, -0.2) is 55.0 Å². The predicted octanol–water partition coefficient (Wildman–Crippen LogP) is -1.98. The third-order valence-corrected chi connectivity index (χ3v) is 3.22.